The van der Waals surface area contributed by atoms with E-state index in [0.717, 1.165) is 22.2 Å². The van der Waals surface area contributed by atoms with Gasteiger partial charge in [0.15, 0.2) is 5.82 Å². The van der Waals surface area contributed by atoms with Gasteiger partial charge in [-0.1, -0.05) is 30.3 Å². The van der Waals surface area contributed by atoms with Crippen LogP contribution in [0.4, 0.5) is 0 Å². The number of aromatic nitrogens is 3. The summed E-state index contributed by atoms with van der Waals surface area (Å²) in [7, 11) is 0. The van der Waals surface area contributed by atoms with Crippen molar-refractivity contribution >= 4 is 16.9 Å². The molecule has 0 amide bonds. The van der Waals surface area contributed by atoms with Gasteiger partial charge >= 0.3 is 5.97 Å². The molecule has 0 bridgehead atoms. The van der Waals surface area contributed by atoms with Crippen molar-refractivity contribution in [2.75, 3.05) is 0 Å². The van der Waals surface area contributed by atoms with E-state index in [9.17, 15) is 9.90 Å². The highest BCUT2D eigenvalue weighted by atomic mass is 16.5. The van der Waals surface area contributed by atoms with Crippen molar-refractivity contribution in [2.24, 2.45) is 0 Å². The molecule has 0 spiro atoms. The van der Waals surface area contributed by atoms with Crippen LogP contribution in [0.3, 0.4) is 0 Å². The highest BCUT2D eigenvalue weighted by molar-refractivity contribution is 5.86. The number of benzene rings is 1. The summed E-state index contributed by atoms with van der Waals surface area (Å²) >= 11 is 0. The number of aryl methyl sites for hydroxylation is 1. The van der Waals surface area contributed by atoms with Crippen LogP contribution < -0.4 is 0 Å². The molecule has 0 aliphatic carbocycles. The lowest BCUT2D eigenvalue weighted by atomic mass is 9.96. The van der Waals surface area contributed by atoms with Crippen molar-refractivity contribution in [3.8, 4) is 0 Å². The Labute approximate surface area is 138 Å². The number of aromatic amines is 1. The van der Waals surface area contributed by atoms with Crippen molar-refractivity contribution in [1.29, 1.82) is 0 Å². The first-order chi connectivity index (χ1) is 11.7. The average molecular weight is 326 g/mol. The van der Waals surface area contributed by atoms with Crippen LogP contribution >= 0.6 is 0 Å². The topological polar surface area (TPSA) is 95.2 Å². The number of aliphatic carboxylic acids is 1. The maximum atomic E-state index is 11.8. The first-order valence-corrected chi connectivity index (χ1v) is 8.02. The third kappa shape index (κ3) is 2.46. The number of hydrogen-bond donors (Lipinski definition) is 2. The van der Waals surface area contributed by atoms with Gasteiger partial charge < -0.3 is 14.6 Å². The Bertz CT molecular complexity index is 898. The molecule has 0 radical (unpaired) electrons. The molecule has 0 fully saturated rings. The molecule has 0 saturated heterocycles. The quantitative estimate of drug-likeness (QED) is 0.762. The van der Waals surface area contributed by atoms with Crippen LogP contribution in [-0.4, -0.2) is 37.1 Å². The molecule has 1 atom stereocenters. The number of para-hydroxylation sites is 1. The van der Waals surface area contributed by atoms with Crippen molar-refractivity contribution < 1.29 is 14.4 Å². The molecule has 124 valence electrons. The Morgan fingerprint density at radius 2 is 2.29 bits per heavy atom. The zero-order valence-electron chi connectivity index (χ0n) is 13.3. The number of carbonyl (C=O) groups is 1. The number of H-pyrrole nitrogens is 1. The van der Waals surface area contributed by atoms with Gasteiger partial charge in [0, 0.05) is 36.0 Å². The largest absolute Gasteiger partial charge is 0.480 e. The van der Waals surface area contributed by atoms with Crippen LogP contribution in [0.1, 0.15) is 29.9 Å². The van der Waals surface area contributed by atoms with Crippen LogP contribution in [0.2, 0.25) is 0 Å². The number of nitrogens with one attached hydrogen (secondary N) is 1. The molecular weight excluding hydrogens is 308 g/mol. The van der Waals surface area contributed by atoms with Crippen LogP contribution in [0.15, 0.2) is 28.8 Å². The second-order valence-corrected chi connectivity index (χ2v) is 6.05. The molecule has 1 unspecified atom stereocenters. The highest BCUT2D eigenvalue weighted by Gasteiger charge is 2.34. The van der Waals surface area contributed by atoms with E-state index in [1.54, 1.807) is 0 Å². The zero-order chi connectivity index (χ0) is 16.7. The van der Waals surface area contributed by atoms with Crippen LogP contribution in [-0.2, 0) is 30.7 Å². The second-order valence-electron chi connectivity index (χ2n) is 6.05. The monoisotopic (exact) mass is 326 g/mol. The minimum Gasteiger partial charge on any atom is -0.480 e. The number of hydrogen-bond acceptors (Lipinski definition) is 5. The van der Waals surface area contributed by atoms with E-state index < -0.39 is 12.0 Å². The van der Waals surface area contributed by atoms with Gasteiger partial charge in [0.1, 0.15) is 6.04 Å². The van der Waals surface area contributed by atoms with Gasteiger partial charge in [-0.25, -0.2) is 0 Å². The van der Waals surface area contributed by atoms with E-state index in [4.69, 9.17) is 4.52 Å². The molecule has 1 aromatic carbocycles. The molecular formula is C17H18N4O3. The molecule has 2 N–H and O–H groups in total. The Morgan fingerprint density at radius 1 is 1.46 bits per heavy atom. The Balaban J connectivity index is 1.67. The van der Waals surface area contributed by atoms with E-state index >= 15 is 0 Å². The van der Waals surface area contributed by atoms with Gasteiger partial charge in [0.25, 0.3) is 0 Å². The summed E-state index contributed by atoms with van der Waals surface area (Å²) in [5, 5.41) is 14.7. The summed E-state index contributed by atoms with van der Waals surface area (Å²) < 4.78 is 5.13. The second kappa shape index (κ2) is 5.76. The fraction of sp³-hybridized carbons (Fsp3) is 0.353. The average Bonchev–Trinajstić information content (AvgIpc) is 3.17. The molecule has 4 rings (SSSR count). The summed E-state index contributed by atoms with van der Waals surface area (Å²) in [5.74, 6) is 0.267. The fourth-order valence-electron chi connectivity index (χ4n) is 3.35. The van der Waals surface area contributed by atoms with E-state index in [2.05, 4.69) is 15.1 Å². The molecule has 7 heteroatoms. The predicted octanol–water partition coefficient (Wildman–Crippen LogP) is 2.12. The first-order valence-electron chi connectivity index (χ1n) is 8.02. The molecule has 24 heavy (non-hydrogen) atoms. The van der Waals surface area contributed by atoms with Gasteiger partial charge in [0.05, 0.1) is 6.54 Å². The molecule has 3 heterocycles. The fourth-order valence-corrected chi connectivity index (χ4v) is 3.35. The van der Waals surface area contributed by atoms with E-state index in [-0.39, 0.29) is 0 Å². The normalized spacial score (nSPS) is 18.0. The van der Waals surface area contributed by atoms with Crippen molar-refractivity contribution in [3.63, 3.8) is 0 Å². The Hall–Kier alpha value is -2.67. The summed E-state index contributed by atoms with van der Waals surface area (Å²) in [4.78, 5) is 21.3. The predicted molar refractivity (Wildman–Crippen MR) is 86.3 cm³/mol. The maximum absolute atomic E-state index is 11.8. The number of fused-ring (bicyclic) bond motifs is 3. The van der Waals surface area contributed by atoms with E-state index in [0.29, 0.717) is 37.6 Å². The Kier molecular flexibility index (Phi) is 3.57. The molecule has 7 nitrogen and oxygen atoms in total. The standard InChI is InChI=1S/C17H18N4O3/c1-2-16-19-15(20-24-16)9-21-8-13-11(7-14(21)17(22)23)10-5-3-4-6-12(10)18-13/h3-6,14,18H,2,7-9H2,1H3,(H,22,23). The lowest BCUT2D eigenvalue weighted by molar-refractivity contribution is -0.144. The van der Waals surface area contributed by atoms with Gasteiger partial charge in [-0.2, -0.15) is 4.98 Å². The molecule has 3 aromatic rings. The number of rotatable bonds is 4. The zero-order valence-corrected chi connectivity index (χ0v) is 13.3. The molecule has 1 aliphatic rings. The smallest absolute Gasteiger partial charge is 0.321 e. The van der Waals surface area contributed by atoms with Gasteiger partial charge in [-0.3, -0.25) is 9.69 Å². The maximum Gasteiger partial charge on any atom is 0.321 e. The number of carboxylic acid groups (broad SMARTS) is 1. The third-order valence-electron chi connectivity index (χ3n) is 4.54. The lowest BCUT2D eigenvalue weighted by Crippen LogP contribution is -2.45. The Morgan fingerprint density at radius 3 is 3.04 bits per heavy atom. The van der Waals surface area contributed by atoms with E-state index in [1.807, 2.05) is 36.1 Å². The van der Waals surface area contributed by atoms with Crippen molar-refractivity contribution in [1.82, 2.24) is 20.0 Å². The van der Waals surface area contributed by atoms with Crippen LogP contribution in [0.5, 0.6) is 0 Å². The van der Waals surface area contributed by atoms with Crippen molar-refractivity contribution in [3.05, 3.63) is 47.2 Å². The van der Waals surface area contributed by atoms with Gasteiger partial charge in [0.2, 0.25) is 5.89 Å². The first kappa shape index (κ1) is 14.9. The minimum atomic E-state index is -0.829. The number of nitrogens with zero attached hydrogens (tertiary/aromatic N) is 3. The summed E-state index contributed by atoms with van der Waals surface area (Å²) in [6, 6.07) is 7.40. The molecule has 0 saturated carbocycles. The van der Waals surface area contributed by atoms with Gasteiger partial charge in [-0.15, -0.1) is 0 Å². The number of carboxylic acids is 1. The van der Waals surface area contributed by atoms with E-state index in [1.165, 1.54) is 0 Å². The van der Waals surface area contributed by atoms with Crippen LogP contribution in [0, 0.1) is 0 Å². The van der Waals surface area contributed by atoms with Crippen LogP contribution in [0.25, 0.3) is 10.9 Å². The lowest BCUT2D eigenvalue weighted by Gasteiger charge is -2.32. The van der Waals surface area contributed by atoms with Crippen molar-refractivity contribution in [2.45, 2.75) is 38.9 Å². The third-order valence-corrected chi connectivity index (χ3v) is 4.54. The molecule has 2 aromatic heterocycles. The molecule has 1 aliphatic heterocycles. The minimum absolute atomic E-state index is 0.356. The summed E-state index contributed by atoms with van der Waals surface area (Å²) in [6.07, 6.45) is 1.13. The highest BCUT2D eigenvalue weighted by Crippen LogP contribution is 2.30. The van der Waals surface area contributed by atoms with Gasteiger partial charge in [-0.05, 0) is 11.6 Å². The summed E-state index contributed by atoms with van der Waals surface area (Å²) in [5.41, 5.74) is 3.20. The SMILES string of the molecule is CCc1nc(CN2Cc3[nH]c4ccccc4c3CC2C(=O)O)no1. The summed E-state index contributed by atoms with van der Waals surface area (Å²) in [6.45, 7) is 2.82.